The smallest absolute Gasteiger partial charge is 0.354 e. The SMILES string of the molecule is CCCCNC(=O)[C@H](Cc1ccccc1)N(Cc1c(Cl)cccc1Cl)C(=O)CN(c1ccc(Cl)c(C(F)(F)F)c1)S(=O)(=O)c1ccccc1. The van der Waals surface area contributed by atoms with E-state index in [-0.39, 0.29) is 27.9 Å². The highest BCUT2D eigenvalue weighted by molar-refractivity contribution is 7.92. The van der Waals surface area contributed by atoms with Crippen molar-refractivity contribution in [2.24, 2.45) is 0 Å². The second-order valence-corrected chi connectivity index (χ2v) is 14.1. The predicted octanol–water partition coefficient (Wildman–Crippen LogP) is 8.42. The Balaban J connectivity index is 1.87. The zero-order chi connectivity index (χ0) is 35.8. The number of halogens is 6. The van der Waals surface area contributed by atoms with Crippen LogP contribution in [-0.2, 0) is 38.8 Å². The van der Waals surface area contributed by atoms with E-state index >= 15 is 0 Å². The number of carbonyl (C=O) groups is 2. The molecule has 49 heavy (non-hydrogen) atoms. The fraction of sp³-hybridized carbons (Fsp3) is 0.257. The van der Waals surface area contributed by atoms with Gasteiger partial charge in [-0.3, -0.25) is 13.9 Å². The van der Waals surface area contributed by atoms with Crippen LogP contribution in [0.1, 0.15) is 36.5 Å². The summed E-state index contributed by atoms with van der Waals surface area (Å²) in [6.45, 7) is 0.968. The Morgan fingerprint density at radius 3 is 2.04 bits per heavy atom. The van der Waals surface area contributed by atoms with Crippen LogP contribution in [0, 0.1) is 0 Å². The summed E-state index contributed by atoms with van der Waals surface area (Å²) in [5.74, 6) is -1.41. The van der Waals surface area contributed by atoms with Crippen LogP contribution in [0.3, 0.4) is 0 Å². The van der Waals surface area contributed by atoms with Crippen LogP contribution in [0.25, 0.3) is 0 Å². The third kappa shape index (κ3) is 9.69. The molecule has 0 heterocycles. The van der Waals surface area contributed by atoms with Crippen molar-refractivity contribution in [1.29, 1.82) is 0 Å². The summed E-state index contributed by atoms with van der Waals surface area (Å²) in [7, 11) is -4.65. The lowest BCUT2D eigenvalue weighted by Gasteiger charge is -2.34. The highest BCUT2D eigenvalue weighted by atomic mass is 35.5. The number of carbonyl (C=O) groups excluding carboxylic acids is 2. The molecule has 0 radical (unpaired) electrons. The molecule has 7 nitrogen and oxygen atoms in total. The molecule has 0 aliphatic heterocycles. The molecule has 260 valence electrons. The largest absolute Gasteiger partial charge is 0.417 e. The van der Waals surface area contributed by atoms with Gasteiger partial charge in [0.2, 0.25) is 11.8 Å². The normalized spacial score (nSPS) is 12.3. The van der Waals surface area contributed by atoms with Crippen LogP contribution < -0.4 is 9.62 Å². The molecule has 0 aliphatic rings. The minimum absolute atomic E-state index is 0.0250. The summed E-state index contributed by atoms with van der Waals surface area (Å²) in [6.07, 6.45) is -3.45. The average molecular weight is 755 g/mol. The Labute approximate surface area is 298 Å². The number of alkyl halides is 3. The monoisotopic (exact) mass is 753 g/mol. The molecule has 14 heteroatoms. The fourth-order valence-corrected chi connectivity index (χ4v) is 7.22. The summed E-state index contributed by atoms with van der Waals surface area (Å²) >= 11 is 18.9. The van der Waals surface area contributed by atoms with Gasteiger partial charge in [-0.05, 0) is 54.4 Å². The van der Waals surface area contributed by atoms with Gasteiger partial charge in [-0.25, -0.2) is 8.42 Å². The lowest BCUT2D eigenvalue weighted by atomic mass is 10.0. The molecule has 0 aliphatic carbocycles. The second kappa shape index (κ2) is 16.8. The standard InChI is InChI=1S/C35H33Cl3F3N3O4S/c1-2-3-19-42-34(46)32(20-24-11-6-4-7-12-24)43(22-27-29(36)15-10-16-30(27)37)33(45)23-44(49(47,48)26-13-8-5-9-14-26)25-17-18-31(38)28(21-25)35(39,40)41/h4-18,21,32H,2-3,19-20,22-23H2,1H3,(H,42,46)/t32-/m0/s1. The number of hydrogen-bond donors (Lipinski definition) is 1. The maximum Gasteiger partial charge on any atom is 0.417 e. The molecule has 2 amide bonds. The third-order valence-corrected chi connectivity index (χ3v) is 10.5. The van der Waals surface area contributed by atoms with E-state index in [0.717, 1.165) is 23.5 Å². The van der Waals surface area contributed by atoms with Gasteiger partial charge in [-0.15, -0.1) is 0 Å². The van der Waals surface area contributed by atoms with E-state index in [9.17, 15) is 31.2 Å². The van der Waals surface area contributed by atoms with Gasteiger partial charge < -0.3 is 10.2 Å². The number of sulfonamides is 1. The molecular formula is C35H33Cl3F3N3O4S. The lowest BCUT2D eigenvalue weighted by Crippen LogP contribution is -2.53. The van der Waals surface area contributed by atoms with Crippen molar-refractivity contribution in [3.63, 3.8) is 0 Å². The van der Waals surface area contributed by atoms with E-state index in [1.807, 2.05) is 6.92 Å². The Kier molecular flexibility index (Phi) is 13.0. The zero-order valence-electron chi connectivity index (χ0n) is 26.3. The number of nitrogens with zero attached hydrogens (tertiary/aromatic N) is 2. The van der Waals surface area contributed by atoms with E-state index in [0.29, 0.717) is 34.5 Å². The quantitative estimate of drug-likeness (QED) is 0.131. The van der Waals surface area contributed by atoms with Crippen molar-refractivity contribution < 1.29 is 31.2 Å². The molecular weight excluding hydrogens is 722 g/mol. The van der Waals surface area contributed by atoms with Gasteiger partial charge in [0.25, 0.3) is 10.0 Å². The van der Waals surface area contributed by atoms with E-state index < -0.39 is 56.9 Å². The summed E-state index contributed by atoms with van der Waals surface area (Å²) in [6, 6.07) is 21.9. The highest BCUT2D eigenvalue weighted by Gasteiger charge is 2.38. The average Bonchev–Trinajstić information content (AvgIpc) is 3.07. The van der Waals surface area contributed by atoms with Crippen LogP contribution in [-0.4, -0.2) is 44.3 Å². The molecule has 4 aromatic rings. The van der Waals surface area contributed by atoms with Crippen molar-refractivity contribution in [2.45, 2.75) is 49.8 Å². The molecule has 0 bridgehead atoms. The van der Waals surface area contributed by atoms with Crippen LogP contribution >= 0.6 is 34.8 Å². The van der Waals surface area contributed by atoms with Crippen molar-refractivity contribution >= 4 is 62.3 Å². The van der Waals surface area contributed by atoms with Gasteiger partial charge in [0.15, 0.2) is 0 Å². The maximum absolute atomic E-state index is 14.6. The van der Waals surface area contributed by atoms with E-state index in [2.05, 4.69) is 5.32 Å². The van der Waals surface area contributed by atoms with Crippen molar-refractivity contribution in [3.05, 3.63) is 129 Å². The van der Waals surface area contributed by atoms with Gasteiger partial charge in [0.05, 0.1) is 21.2 Å². The Morgan fingerprint density at radius 2 is 1.45 bits per heavy atom. The topological polar surface area (TPSA) is 86.8 Å². The minimum atomic E-state index is -4.93. The van der Waals surface area contributed by atoms with Gasteiger partial charge in [0, 0.05) is 35.1 Å². The third-order valence-electron chi connectivity index (χ3n) is 7.64. The number of benzene rings is 4. The second-order valence-electron chi connectivity index (χ2n) is 11.1. The van der Waals surface area contributed by atoms with Gasteiger partial charge in [0.1, 0.15) is 12.6 Å². The van der Waals surface area contributed by atoms with Crippen molar-refractivity contribution in [1.82, 2.24) is 10.2 Å². The van der Waals surface area contributed by atoms with E-state index in [1.54, 1.807) is 54.6 Å². The number of rotatable bonds is 14. The minimum Gasteiger partial charge on any atom is -0.354 e. The van der Waals surface area contributed by atoms with E-state index in [4.69, 9.17) is 34.8 Å². The number of unbranched alkanes of at least 4 members (excludes halogenated alkanes) is 1. The number of nitrogens with one attached hydrogen (secondary N) is 1. The van der Waals surface area contributed by atoms with Crippen molar-refractivity contribution in [3.8, 4) is 0 Å². The summed E-state index contributed by atoms with van der Waals surface area (Å²) in [5.41, 5.74) is -0.759. The zero-order valence-corrected chi connectivity index (χ0v) is 29.3. The first-order chi connectivity index (χ1) is 23.2. The molecule has 0 spiro atoms. The van der Waals surface area contributed by atoms with Gasteiger partial charge in [-0.2, -0.15) is 13.2 Å². The molecule has 1 N–H and O–H groups in total. The highest BCUT2D eigenvalue weighted by Crippen LogP contribution is 2.38. The molecule has 4 rings (SSSR count). The number of amides is 2. The first-order valence-corrected chi connectivity index (χ1v) is 17.8. The molecule has 0 saturated carbocycles. The fourth-order valence-electron chi connectivity index (χ4n) is 5.05. The van der Waals surface area contributed by atoms with Crippen molar-refractivity contribution in [2.75, 3.05) is 17.4 Å². The van der Waals surface area contributed by atoms with Crippen LogP contribution in [0.15, 0.2) is 102 Å². The molecule has 0 aromatic heterocycles. The Bertz CT molecular complexity index is 1840. The number of anilines is 1. The molecule has 4 aromatic carbocycles. The first-order valence-electron chi connectivity index (χ1n) is 15.2. The Morgan fingerprint density at radius 1 is 0.837 bits per heavy atom. The van der Waals surface area contributed by atoms with Gasteiger partial charge >= 0.3 is 6.18 Å². The van der Waals surface area contributed by atoms with Gasteiger partial charge in [-0.1, -0.05) is 103 Å². The predicted molar refractivity (Wildman–Crippen MR) is 186 cm³/mol. The summed E-state index contributed by atoms with van der Waals surface area (Å²) in [4.78, 5) is 29.3. The maximum atomic E-state index is 14.6. The molecule has 0 saturated heterocycles. The summed E-state index contributed by atoms with van der Waals surface area (Å²) in [5, 5.41) is 2.59. The van der Waals surface area contributed by atoms with E-state index in [1.165, 1.54) is 24.3 Å². The Hall–Kier alpha value is -3.77. The summed E-state index contributed by atoms with van der Waals surface area (Å²) < 4.78 is 70.6. The van der Waals surface area contributed by atoms with Crippen LogP contribution in [0.4, 0.5) is 18.9 Å². The van der Waals surface area contributed by atoms with Crippen LogP contribution in [0.5, 0.6) is 0 Å². The molecule has 0 fully saturated rings. The molecule has 1 atom stereocenters. The first kappa shape index (κ1) is 38.0. The lowest BCUT2D eigenvalue weighted by molar-refractivity contribution is -0.140. The van der Waals surface area contributed by atoms with Crippen LogP contribution in [0.2, 0.25) is 15.1 Å². The number of hydrogen-bond acceptors (Lipinski definition) is 4. The molecule has 0 unspecified atom stereocenters.